The first kappa shape index (κ1) is 21.6. The van der Waals surface area contributed by atoms with Crippen molar-refractivity contribution < 1.29 is 14.3 Å². The number of hydrogen-bond acceptors (Lipinski definition) is 5. The lowest BCUT2D eigenvalue weighted by Crippen LogP contribution is -2.32. The number of para-hydroxylation sites is 1. The molecule has 2 aromatic rings. The highest BCUT2D eigenvalue weighted by atomic mass is 127. The molecule has 0 unspecified atom stereocenters. The number of halogens is 2. The van der Waals surface area contributed by atoms with Crippen molar-refractivity contribution in [3.05, 3.63) is 60.1 Å². The van der Waals surface area contributed by atoms with Gasteiger partial charge in [-0.2, -0.15) is 0 Å². The van der Waals surface area contributed by atoms with Gasteiger partial charge in [0.15, 0.2) is 5.17 Å². The molecule has 0 aromatic heterocycles. The van der Waals surface area contributed by atoms with Crippen LogP contribution in [0, 0.1) is 7.14 Å². The molecule has 146 valence electrons. The summed E-state index contributed by atoms with van der Waals surface area (Å²) in [6.45, 7) is 0.911. The van der Waals surface area contributed by atoms with E-state index in [4.69, 9.17) is 9.47 Å². The van der Waals surface area contributed by atoms with Crippen molar-refractivity contribution in [3.8, 4) is 5.75 Å². The van der Waals surface area contributed by atoms with E-state index >= 15 is 0 Å². The maximum atomic E-state index is 13.0. The van der Waals surface area contributed by atoms with Crippen LogP contribution in [-0.4, -0.2) is 43.3 Å². The maximum absolute atomic E-state index is 13.0. The zero-order chi connectivity index (χ0) is 20.1. The summed E-state index contributed by atoms with van der Waals surface area (Å²) in [5.74, 6) is 0.791. The number of thioether (sulfide) groups is 1. The highest BCUT2D eigenvalue weighted by Crippen LogP contribution is 2.35. The number of hydrogen-bond donors (Lipinski definition) is 0. The van der Waals surface area contributed by atoms with Gasteiger partial charge in [0.2, 0.25) is 0 Å². The number of ether oxygens (including phenoxy) is 2. The quantitative estimate of drug-likeness (QED) is 0.331. The van der Waals surface area contributed by atoms with Crippen LogP contribution in [0.4, 0.5) is 5.69 Å². The molecule has 1 heterocycles. The molecule has 0 saturated carbocycles. The van der Waals surface area contributed by atoms with Gasteiger partial charge in [-0.3, -0.25) is 9.69 Å². The molecule has 1 aliphatic rings. The molecular formula is C20H18I2N2O3S. The number of aliphatic imine (C=N–C) groups is 1. The second kappa shape index (κ2) is 10.1. The van der Waals surface area contributed by atoms with Crippen LogP contribution in [0.5, 0.6) is 5.75 Å². The Morgan fingerprint density at radius 1 is 1.14 bits per heavy atom. The Kier molecular flexibility index (Phi) is 7.77. The van der Waals surface area contributed by atoms with Gasteiger partial charge in [0, 0.05) is 7.11 Å². The number of amides is 1. The topological polar surface area (TPSA) is 51.1 Å². The smallest absolute Gasteiger partial charge is 0.266 e. The Bertz CT molecular complexity index is 909. The van der Waals surface area contributed by atoms with Crippen LogP contribution in [0.3, 0.4) is 0 Å². The van der Waals surface area contributed by atoms with Crippen molar-refractivity contribution in [2.24, 2.45) is 4.99 Å². The van der Waals surface area contributed by atoms with Crippen LogP contribution in [0.1, 0.15) is 5.56 Å². The lowest BCUT2D eigenvalue weighted by atomic mass is 10.2. The number of rotatable bonds is 6. The minimum Gasteiger partial charge on any atom is -0.495 e. The number of amidine groups is 1. The summed E-state index contributed by atoms with van der Waals surface area (Å²) in [6.07, 6.45) is 1.91. The molecule has 1 fully saturated rings. The fraction of sp³-hybridized carbons (Fsp3) is 0.200. The van der Waals surface area contributed by atoms with Gasteiger partial charge in [-0.25, -0.2) is 4.99 Å². The molecule has 0 atom stereocenters. The van der Waals surface area contributed by atoms with Gasteiger partial charge in [0.25, 0.3) is 5.91 Å². The Balaban J connectivity index is 1.95. The van der Waals surface area contributed by atoms with E-state index in [2.05, 4.69) is 50.2 Å². The molecule has 1 saturated heterocycles. The standard InChI is InChI=1S/C20H18I2N2O3S/c1-26-9-8-24-19(25)17(28-20(24)23-14-6-4-3-5-7-14)12-13-10-15(21)18(27-2)16(22)11-13/h3-7,10-12H,8-9H2,1-2H3. The molecule has 0 N–H and O–H groups in total. The normalized spacial score (nSPS) is 17.0. The molecule has 0 aliphatic carbocycles. The fourth-order valence-electron chi connectivity index (χ4n) is 2.59. The van der Waals surface area contributed by atoms with Crippen molar-refractivity contribution >= 4 is 79.8 Å². The largest absolute Gasteiger partial charge is 0.495 e. The minimum atomic E-state index is -0.0578. The van der Waals surface area contributed by atoms with E-state index in [0.717, 1.165) is 24.1 Å². The van der Waals surface area contributed by atoms with Gasteiger partial charge < -0.3 is 9.47 Å². The van der Waals surface area contributed by atoms with E-state index in [-0.39, 0.29) is 5.91 Å². The van der Waals surface area contributed by atoms with Gasteiger partial charge in [-0.15, -0.1) is 0 Å². The maximum Gasteiger partial charge on any atom is 0.266 e. The third kappa shape index (κ3) is 5.08. The zero-order valence-electron chi connectivity index (χ0n) is 15.3. The lowest BCUT2D eigenvalue weighted by molar-refractivity contribution is -0.122. The molecule has 0 spiro atoms. The van der Waals surface area contributed by atoms with Crippen molar-refractivity contribution in [2.75, 3.05) is 27.4 Å². The SMILES string of the molecule is COCCN1C(=O)C(=Cc2cc(I)c(OC)c(I)c2)SC1=Nc1ccccc1. The predicted octanol–water partition coefficient (Wildman–Crippen LogP) is 5.15. The summed E-state index contributed by atoms with van der Waals surface area (Å²) < 4.78 is 12.6. The van der Waals surface area contributed by atoms with Gasteiger partial charge >= 0.3 is 0 Å². The first-order valence-corrected chi connectivity index (χ1v) is 11.4. The van der Waals surface area contributed by atoms with Crippen LogP contribution in [0.15, 0.2) is 52.4 Å². The lowest BCUT2D eigenvalue weighted by Gasteiger charge is -2.14. The van der Waals surface area contributed by atoms with Gasteiger partial charge in [-0.1, -0.05) is 18.2 Å². The molecular weight excluding hydrogens is 602 g/mol. The molecule has 5 nitrogen and oxygen atoms in total. The summed E-state index contributed by atoms with van der Waals surface area (Å²) in [5, 5.41) is 0.664. The Hall–Kier alpha value is -1.11. The highest BCUT2D eigenvalue weighted by Gasteiger charge is 2.33. The van der Waals surface area contributed by atoms with Crippen LogP contribution in [0.25, 0.3) is 6.08 Å². The summed E-state index contributed by atoms with van der Waals surface area (Å²) in [7, 11) is 3.29. The molecule has 1 amide bonds. The van der Waals surface area contributed by atoms with E-state index in [1.54, 1.807) is 19.1 Å². The number of nitrogens with zero attached hydrogens (tertiary/aromatic N) is 2. The summed E-state index contributed by atoms with van der Waals surface area (Å²) >= 11 is 5.87. The van der Waals surface area contributed by atoms with Crippen molar-refractivity contribution in [3.63, 3.8) is 0 Å². The molecule has 2 aromatic carbocycles. The van der Waals surface area contributed by atoms with E-state index in [1.165, 1.54) is 11.8 Å². The molecule has 28 heavy (non-hydrogen) atoms. The molecule has 0 radical (unpaired) electrons. The minimum absolute atomic E-state index is 0.0578. The Morgan fingerprint density at radius 3 is 2.43 bits per heavy atom. The first-order chi connectivity index (χ1) is 13.5. The highest BCUT2D eigenvalue weighted by molar-refractivity contribution is 14.1. The van der Waals surface area contributed by atoms with Crippen molar-refractivity contribution in [1.29, 1.82) is 0 Å². The second-order valence-electron chi connectivity index (χ2n) is 5.81. The number of carbonyl (C=O) groups is 1. The second-order valence-corrected chi connectivity index (χ2v) is 9.14. The average Bonchev–Trinajstić information content (AvgIpc) is 2.95. The van der Waals surface area contributed by atoms with E-state index in [9.17, 15) is 4.79 Å². The van der Waals surface area contributed by atoms with Gasteiger partial charge in [-0.05, 0) is 92.8 Å². The Morgan fingerprint density at radius 2 is 1.82 bits per heavy atom. The number of carbonyl (C=O) groups excluding carboxylic acids is 1. The monoisotopic (exact) mass is 620 g/mol. The molecule has 0 bridgehead atoms. The van der Waals surface area contributed by atoms with Gasteiger partial charge in [0.1, 0.15) is 5.75 Å². The molecule has 3 rings (SSSR count). The average molecular weight is 620 g/mol. The van der Waals surface area contributed by atoms with E-state index in [0.29, 0.717) is 23.2 Å². The fourth-order valence-corrected chi connectivity index (χ4v) is 5.87. The summed E-state index contributed by atoms with van der Waals surface area (Å²) in [6, 6.07) is 13.7. The summed E-state index contributed by atoms with van der Waals surface area (Å²) in [4.78, 5) is 20.0. The number of methoxy groups -OCH3 is 2. The van der Waals surface area contributed by atoms with Crippen LogP contribution in [0.2, 0.25) is 0 Å². The first-order valence-electron chi connectivity index (χ1n) is 8.40. The van der Waals surface area contributed by atoms with E-state index < -0.39 is 0 Å². The van der Waals surface area contributed by atoms with Crippen LogP contribution < -0.4 is 4.74 Å². The predicted molar refractivity (Wildman–Crippen MR) is 131 cm³/mol. The van der Waals surface area contributed by atoms with Crippen molar-refractivity contribution in [2.45, 2.75) is 0 Å². The molecule has 1 aliphatic heterocycles. The van der Waals surface area contributed by atoms with Gasteiger partial charge in [0.05, 0.1) is 38.0 Å². The Labute approximate surface area is 195 Å². The zero-order valence-corrected chi connectivity index (χ0v) is 20.4. The molecule has 8 heteroatoms. The van der Waals surface area contributed by atoms with Crippen LogP contribution >= 0.6 is 56.9 Å². The third-order valence-electron chi connectivity index (χ3n) is 3.91. The van der Waals surface area contributed by atoms with Crippen molar-refractivity contribution in [1.82, 2.24) is 4.90 Å². The summed E-state index contributed by atoms with van der Waals surface area (Å²) in [5.41, 5.74) is 1.77. The van der Waals surface area contributed by atoms with Crippen LogP contribution in [-0.2, 0) is 9.53 Å². The third-order valence-corrected chi connectivity index (χ3v) is 6.52. The number of benzene rings is 2. The van der Waals surface area contributed by atoms with E-state index in [1.807, 2.05) is 48.5 Å².